The number of fused-ring (bicyclic) bond motifs is 2. The molecule has 290 valence electrons. The second-order valence-corrected chi connectivity index (χ2v) is 18.1. The van der Waals surface area contributed by atoms with Crippen molar-refractivity contribution in [2.45, 2.75) is 72.1 Å². The number of imide groups is 2. The molecule has 10 heteroatoms. The Bertz CT molecular complexity index is 2670. The van der Waals surface area contributed by atoms with Crippen LogP contribution < -0.4 is 9.80 Å². The zero-order valence-corrected chi connectivity index (χ0v) is 35.9. The lowest BCUT2D eigenvalue weighted by molar-refractivity contribution is 0.0877. The molecule has 0 N–H and O–H groups in total. The van der Waals surface area contributed by atoms with Gasteiger partial charge >= 0.3 is 0 Å². The molecule has 1 atom stereocenters. The Morgan fingerprint density at radius 2 is 0.672 bits per heavy atom. The Morgan fingerprint density at radius 3 is 0.931 bits per heavy atom. The summed E-state index contributed by atoms with van der Waals surface area (Å²) in [6.45, 7) is 18.3. The van der Waals surface area contributed by atoms with Crippen molar-refractivity contribution in [3.8, 4) is 0 Å². The molecular weight excluding hydrogens is 810 g/mol. The molecule has 0 spiro atoms. The molecule has 0 radical (unpaired) electrons. The van der Waals surface area contributed by atoms with Crippen LogP contribution in [0.15, 0.2) is 60.7 Å². The highest BCUT2D eigenvalue weighted by molar-refractivity contribution is 6.57. The molecule has 2 aliphatic rings. The van der Waals surface area contributed by atoms with Gasteiger partial charge in [0, 0.05) is 68.7 Å². The van der Waals surface area contributed by atoms with Crippen molar-refractivity contribution < 1.29 is 19.2 Å². The van der Waals surface area contributed by atoms with E-state index >= 15 is 0 Å². The minimum Gasteiger partial charge on any atom is -0.268 e. The number of amides is 4. The maximum Gasteiger partial charge on any atom is 0.266 e. The summed E-state index contributed by atoms with van der Waals surface area (Å²) in [5.41, 5.74) is 5.23. The summed E-state index contributed by atoms with van der Waals surface area (Å²) in [5.74, 6) is -2.36. The van der Waals surface area contributed by atoms with Crippen LogP contribution >= 0.6 is 46.4 Å². The van der Waals surface area contributed by atoms with E-state index in [1.807, 2.05) is 84.9 Å². The lowest BCUT2D eigenvalue weighted by atomic mass is 9.81. The smallest absolute Gasteiger partial charge is 0.266 e. The van der Waals surface area contributed by atoms with Crippen LogP contribution in [0.25, 0.3) is 43.1 Å². The molecule has 58 heavy (non-hydrogen) atoms. The fraction of sp³-hybridized carbons (Fsp3) is 0.229. The number of anilines is 2. The minimum atomic E-state index is -0.541. The second kappa shape index (κ2) is 13.3. The van der Waals surface area contributed by atoms with E-state index in [-0.39, 0.29) is 66.0 Å². The minimum absolute atomic E-state index is 0.00574. The first-order valence-corrected chi connectivity index (χ1v) is 20.8. The number of hydrogen-bond acceptors (Lipinski definition) is 4. The first kappa shape index (κ1) is 38.7. The highest BCUT2D eigenvalue weighted by atomic mass is 35.5. The summed E-state index contributed by atoms with van der Waals surface area (Å²) in [4.78, 5) is 61.9. The third-order valence-electron chi connectivity index (χ3n) is 11.9. The van der Waals surface area contributed by atoms with Gasteiger partial charge in [-0.05, 0) is 65.6 Å². The number of carbonyl (C=O) groups is 4. The molecule has 0 aromatic heterocycles. The first-order valence-electron chi connectivity index (χ1n) is 19.3. The molecule has 0 bridgehead atoms. The van der Waals surface area contributed by atoms with E-state index < -0.39 is 23.6 Å². The molecule has 7 aromatic rings. The largest absolute Gasteiger partial charge is 0.268 e. The summed E-state index contributed by atoms with van der Waals surface area (Å²) in [6, 6.07) is 17.8. The van der Waals surface area contributed by atoms with Gasteiger partial charge in [-0.2, -0.15) is 0 Å². The molecule has 9 rings (SSSR count). The molecule has 4 amide bonds. The van der Waals surface area contributed by atoms with Crippen LogP contribution in [0, 0.1) is 6.92 Å². The summed E-state index contributed by atoms with van der Waals surface area (Å²) in [7, 11) is 0. The Labute approximate surface area is 355 Å². The molecular formula is C48H37Cl4N2O4+. The van der Waals surface area contributed by atoms with Crippen molar-refractivity contribution in [1.82, 2.24) is 0 Å². The van der Waals surface area contributed by atoms with Crippen molar-refractivity contribution in [3.63, 3.8) is 0 Å². The Morgan fingerprint density at radius 1 is 0.414 bits per heavy atom. The number of hydrogen-bond donors (Lipinski definition) is 0. The molecule has 6 nitrogen and oxygen atoms in total. The fourth-order valence-electron chi connectivity index (χ4n) is 9.34. The maximum atomic E-state index is 14.9. The summed E-state index contributed by atoms with van der Waals surface area (Å²) in [5, 5.41) is 4.05. The summed E-state index contributed by atoms with van der Waals surface area (Å²) < 4.78 is 0. The number of halogens is 4. The molecule has 1 unspecified atom stereocenters. The predicted octanol–water partition coefficient (Wildman–Crippen LogP) is 14.3. The quantitative estimate of drug-likeness (QED) is 0.0723. The Kier molecular flexibility index (Phi) is 8.89. The standard InChI is InChI=1S/C48H37Cl4N2O4/c1-19(2)23-11-9-12-24(20(3)4)43(23)53-45(55)27-15-31(49)37-39-33(51)17-29-36-30(48(58)54(47(29)57)44-25(21(5)6)13-10-14-26(44)22(7)8)18-34(52)40(42(36)39)38-32(50)16-28(46(53)56)35(27)41(37)38/h9-22H,1H2,2-8H3/q+1. The predicted molar refractivity (Wildman–Crippen MR) is 239 cm³/mol. The third-order valence-corrected chi connectivity index (χ3v) is 13.1. The van der Waals surface area contributed by atoms with E-state index in [1.165, 1.54) is 9.80 Å². The Balaban J connectivity index is 1.37. The van der Waals surface area contributed by atoms with Crippen molar-refractivity contribution >= 4 is 124 Å². The zero-order valence-electron chi connectivity index (χ0n) is 32.8. The van der Waals surface area contributed by atoms with E-state index in [4.69, 9.17) is 46.4 Å². The van der Waals surface area contributed by atoms with Gasteiger partial charge in [-0.1, -0.05) is 124 Å². The van der Waals surface area contributed by atoms with Crippen LogP contribution in [0.3, 0.4) is 0 Å². The number of benzene rings is 7. The normalized spacial score (nSPS) is 15.0. The molecule has 0 fully saturated rings. The van der Waals surface area contributed by atoms with Gasteiger partial charge < -0.3 is 0 Å². The van der Waals surface area contributed by atoms with Crippen molar-refractivity contribution in [3.05, 3.63) is 132 Å². The van der Waals surface area contributed by atoms with Gasteiger partial charge in [0.1, 0.15) is 5.92 Å². The fourth-order valence-corrected chi connectivity index (χ4v) is 10.5. The van der Waals surface area contributed by atoms with E-state index in [1.54, 1.807) is 24.3 Å². The van der Waals surface area contributed by atoms with Crippen LogP contribution in [0.5, 0.6) is 0 Å². The second-order valence-electron chi connectivity index (χ2n) is 16.5. The topological polar surface area (TPSA) is 74.8 Å². The van der Waals surface area contributed by atoms with E-state index in [9.17, 15) is 19.2 Å². The maximum absolute atomic E-state index is 14.9. The average molecular weight is 848 g/mol. The molecule has 7 aromatic carbocycles. The van der Waals surface area contributed by atoms with Gasteiger partial charge in [0.2, 0.25) is 0 Å². The molecule has 2 aliphatic heterocycles. The van der Waals surface area contributed by atoms with Crippen LogP contribution in [-0.4, -0.2) is 23.6 Å². The summed E-state index contributed by atoms with van der Waals surface area (Å²) in [6.07, 6.45) is 0. The van der Waals surface area contributed by atoms with Gasteiger partial charge in [-0.3, -0.25) is 19.2 Å². The van der Waals surface area contributed by atoms with Crippen molar-refractivity contribution in [2.75, 3.05) is 9.80 Å². The highest BCUT2D eigenvalue weighted by Gasteiger charge is 2.42. The van der Waals surface area contributed by atoms with Gasteiger partial charge in [0.05, 0.1) is 40.6 Å². The van der Waals surface area contributed by atoms with Crippen LogP contribution in [-0.2, 0) is 0 Å². The number of para-hydroxylation sites is 2. The van der Waals surface area contributed by atoms with E-state index in [0.717, 1.165) is 22.3 Å². The third kappa shape index (κ3) is 5.08. The van der Waals surface area contributed by atoms with Crippen molar-refractivity contribution in [1.29, 1.82) is 0 Å². The average Bonchev–Trinajstić information content (AvgIpc) is 3.16. The zero-order chi connectivity index (χ0) is 41.5. The molecule has 2 heterocycles. The molecule has 0 saturated heterocycles. The van der Waals surface area contributed by atoms with Gasteiger partial charge in [0.15, 0.2) is 0 Å². The van der Waals surface area contributed by atoms with Crippen LogP contribution in [0.4, 0.5) is 11.4 Å². The van der Waals surface area contributed by atoms with E-state index in [0.29, 0.717) is 54.5 Å². The Hall–Kier alpha value is -4.85. The number of nitrogens with zero attached hydrogens (tertiary/aromatic N) is 2. The van der Waals surface area contributed by atoms with Crippen molar-refractivity contribution in [2.24, 2.45) is 0 Å². The first-order chi connectivity index (χ1) is 27.5. The van der Waals surface area contributed by atoms with E-state index in [2.05, 4.69) is 6.92 Å². The summed E-state index contributed by atoms with van der Waals surface area (Å²) >= 11 is 29.1. The number of carbonyl (C=O) groups excluding carboxylic acids is 4. The highest BCUT2D eigenvalue weighted by Crippen LogP contribution is 2.55. The van der Waals surface area contributed by atoms with Crippen LogP contribution in [0.1, 0.15) is 136 Å². The van der Waals surface area contributed by atoms with Gasteiger partial charge in [-0.15, -0.1) is 0 Å². The monoisotopic (exact) mass is 845 g/mol. The molecule has 0 aliphatic carbocycles. The lowest BCUT2D eigenvalue weighted by Crippen LogP contribution is -2.42. The lowest BCUT2D eigenvalue weighted by Gasteiger charge is -2.34. The van der Waals surface area contributed by atoms with Gasteiger partial charge in [0.25, 0.3) is 23.6 Å². The number of rotatable bonds is 6. The molecule has 0 saturated carbocycles. The van der Waals surface area contributed by atoms with Crippen LogP contribution in [0.2, 0.25) is 20.1 Å². The van der Waals surface area contributed by atoms with Gasteiger partial charge in [-0.25, -0.2) is 9.80 Å². The SMILES string of the molecule is [CH2+]C(C)c1cccc(C(C)C)c1N1C(=O)c2cc(Cl)c3c4c(Cl)cc5c6c(cc(Cl)c(c7c(Cl)cc(c2c37)C1=O)c64)C(=O)N(c1c(C(C)C)cccc1C(C)C)C5=O.